The van der Waals surface area contributed by atoms with E-state index in [0.29, 0.717) is 0 Å². The van der Waals surface area contributed by atoms with Crippen LogP contribution in [0.2, 0.25) is 0 Å². The van der Waals surface area contributed by atoms with Gasteiger partial charge in [-0.2, -0.15) is 0 Å². The second kappa shape index (κ2) is 8.42. The van der Waals surface area contributed by atoms with E-state index in [4.69, 9.17) is 13.9 Å². The summed E-state index contributed by atoms with van der Waals surface area (Å²) in [7, 11) is 0. The third-order valence-corrected chi connectivity index (χ3v) is 5.23. The predicted octanol–water partition coefficient (Wildman–Crippen LogP) is -0.587. The number of phenols is 4. The van der Waals surface area contributed by atoms with Crippen LogP contribution in [0.5, 0.6) is 28.7 Å². The lowest BCUT2D eigenvalue weighted by atomic mass is 9.99. The van der Waals surface area contributed by atoms with Gasteiger partial charge in [-0.15, -0.1) is 0 Å². The van der Waals surface area contributed by atoms with E-state index in [1.165, 1.54) is 6.07 Å². The van der Waals surface area contributed by atoms with Crippen molar-refractivity contribution in [2.45, 2.75) is 30.7 Å². The summed E-state index contributed by atoms with van der Waals surface area (Å²) in [4.78, 5) is 11.8. The van der Waals surface area contributed by atoms with Gasteiger partial charge in [0.2, 0.25) is 6.29 Å². The Balaban J connectivity index is 1.87. The van der Waals surface area contributed by atoms with Crippen LogP contribution in [0.25, 0.3) is 22.6 Å². The Bertz CT molecular complexity index is 1180. The smallest absolute Gasteiger partial charge is 0.229 e. The van der Waals surface area contributed by atoms with Crippen LogP contribution in [-0.2, 0) is 4.74 Å². The molecular weight excluding hydrogens is 444 g/mol. The predicted molar refractivity (Wildman–Crippen MR) is 108 cm³/mol. The van der Waals surface area contributed by atoms with Gasteiger partial charge in [0, 0.05) is 17.7 Å². The molecular formula is C21H20O12. The number of fused-ring (bicyclic) bond motifs is 1. The van der Waals surface area contributed by atoms with E-state index in [9.17, 15) is 45.6 Å². The Morgan fingerprint density at radius 2 is 1.52 bits per heavy atom. The maximum absolute atomic E-state index is 11.8. The molecule has 0 spiro atoms. The molecule has 1 aromatic carbocycles. The Morgan fingerprint density at radius 1 is 0.848 bits per heavy atom. The molecule has 1 aliphatic carbocycles. The van der Waals surface area contributed by atoms with E-state index >= 15 is 0 Å². The summed E-state index contributed by atoms with van der Waals surface area (Å²) in [6.45, 7) is -0.702. The largest absolute Gasteiger partial charge is 0.507 e. The number of phenolic OH excluding ortho intramolecular Hbond substituents is 4. The van der Waals surface area contributed by atoms with Crippen molar-refractivity contribution in [3.63, 3.8) is 0 Å². The second-order valence-corrected chi connectivity index (χ2v) is 7.47. The molecule has 0 bridgehead atoms. The molecule has 12 nitrogen and oxygen atoms in total. The van der Waals surface area contributed by atoms with Crippen LogP contribution in [0.4, 0.5) is 0 Å². The topological polar surface area (TPSA) is 211 Å². The maximum atomic E-state index is 11.8. The Labute approximate surface area is 184 Å². The summed E-state index contributed by atoms with van der Waals surface area (Å²) in [6, 6.07) is 5.23. The molecule has 8 N–H and O–H groups in total. The number of rotatable bonds is 4. The van der Waals surface area contributed by atoms with Crippen molar-refractivity contribution in [3.05, 3.63) is 40.6 Å². The van der Waals surface area contributed by atoms with Crippen LogP contribution in [0.15, 0.2) is 39.5 Å². The molecule has 3 aliphatic rings. The quantitative estimate of drug-likeness (QED) is 0.228. The first-order valence-corrected chi connectivity index (χ1v) is 9.64. The van der Waals surface area contributed by atoms with Gasteiger partial charge in [0.1, 0.15) is 35.9 Å². The van der Waals surface area contributed by atoms with Crippen molar-refractivity contribution in [2.24, 2.45) is 0 Å². The van der Waals surface area contributed by atoms with E-state index < -0.39 is 65.7 Å². The van der Waals surface area contributed by atoms with Gasteiger partial charge < -0.3 is 54.7 Å². The zero-order valence-corrected chi connectivity index (χ0v) is 16.7. The lowest BCUT2D eigenvalue weighted by Crippen LogP contribution is -2.60. The van der Waals surface area contributed by atoms with Crippen molar-refractivity contribution >= 4 is 0 Å². The second-order valence-electron chi connectivity index (χ2n) is 7.47. The van der Waals surface area contributed by atoms with Crippen LogP contribution < -0.4 is 10.2 Å². The first-order chi connectivity index (χ1) is 15.6. The fourth-order valence-electron chi connectivity index (χ4n) is 3.49. The Morgan fingerprint density at radius 3 is 2.15 bits per heavy atom. The summed E-state index contributed by atoms with van der Waals surface area (Å²) >= 11 is 0. The van der Waals surface area contributed by atoms with Crippen molar-refractivity contribution in [1.29, 1.82) is 0 Å². The van der Waals surface area contributed by atoms with E-state index in [2.05, 4.69) is 0 Å². The molecule has 1 fully saturated rings. The number of hydrogen-bond acceptors (Lipinski definition) is 12. The number of aliphatic hydroxyl groups excluding tert-OH is 4. The van der Waals surface area contributed by atoms with Crippen LogP contribution in [0, 0.1) is 0 Å². The highest BCUT2D eigenvalue weighted by Crippen LogP contribution is 2.45. The van der Waals surface area contributed by atoms with Crippen LogP contribution in [0.1, 0.15) is 0 Å². The first kappa shape index (κ1) is 22.6. The lowest BCUT2D eigenvalue weighted by molar-refractivity contribution is -0.277. The van der Waals surface area contributed by atoms with Crippen molar-refractivity contribution < 1.29 is 54.7 Å². The highest BCUT2D eigenvalue weighted by atomic mass is 16.7. The highest BCUT2D eigenvalue weighted by Gasteiger charge is 2.45. The molecule has 0 saturated carbocycles. The van der Waals surface area contributed by atoms with Crippen molar-refractivity contribution in [1.82, 2.24) is 0 Å². The molecule has 1 aromatic rings. The van der Waals surface area contributed by atoms with E-state index in [-0.39, 0.29) is 28.4 Å². The van der Waals surface area contributed by atoms with Gasteiger partial charge in [0.05, 0.1) is 12.2 Å². The molecule has 0 aromatic heterocycles. The molecule has 2 aliphatic heterocycles. The van der Waals surface area contributed by atoms with E-state index in [1.807, 2.05) is 0 Å². The molecule has 0 radical (unpaired) electrons. The zero-order valence-electron chi connectivity index (χ0n) is 16.7. The van der Waals surface area contributed by atoms with E-state index in [1.54, 1.807) is 0 Å². The first-order valence-electron chi connectivity index (χ1n) is 9.64. The molecule has 12 heteroatoms. The molecule has 33 heavy (non-hydrogen) atoms. The fraction of sp³-hybridized carbons (Fsp3) is 0.286. The minimum Gasteiger partial charge on any atom is -0.507 e. The van der Waals surface area contributed by atoms with Crippen molar-refractivity contribution in [2.75, 3.05) is 6.61 Å². The van der Waals surface area contributed by atoms with Gasteiger partial charge in [0.25, 0.3) is 0 Å². The molecule has 5 atom stereocenters. The normalized spacial score (nSPS) is 25.3. The van der Waals surface area contributed by atoms with Gasteiger partial charge in [-0.05, 0) is 18.2 Å². The Kier molecular flexibility index (Phi) is 5.78. The van der Waals surface area contributed by atoms with Gasteiger partial charge >= 0.3 is 0 Å². The van der Waals surface area contributed by atoms with Gasteiger partial charge in [-0.1, -0.05) is 0 Å². The minimum absolute atomic E-state index is 0.0187. The summed E-state index contributed by atoms with van der Waals surface area (Å²) in [5.74, 6) is -3.24. The lowest BCUT2D eigenvalue weighted by Gasteiger charge is -2.39. The monoisotopic (exact) mass is 464 g/mol. The van der Waals surface area contributed by atoms with Crippen LogP contribution in [-0.4, -0.2) is 78.2 Å². The molecule has 0 amide bonds. The zero-order chi connectivity index (χ0) is 24.0. The summed E-state index contributed by atoms with van der Waals surface area (Å²) in [6.07, 6.45) is -8.04. The minimum atomic E-state index is -1.77. The van der Waals surface area contributed by atoms with E-state index in [0.717, 1.165) is 24.3 Å². The van der Waals surface area contributed by atoms with Gasteiger partial charge in [-0.3, -0.25) is 4.79 Å². The maximum Gasteiger partial charge on any atom is 0.229 e. The third kappa shape index (κ3) is 4.01. The molecule has 176 valence electrons. The summed E-state index contributed by atoms with van der Waals surface area (Å²) in [5.41, 5.74) is -0.598. The number of ether oxygens (including phenoxy) is 2. The van der Waals surface area contributed by atoms with Crippen LogP contribution in [0.3, 0.4) is 0 Å². The number of hydrogen-bond donors (Lipinski definition) is 8. The van der Waals surface area contributed by atoms with Gasteiger partial charge in [0.15, 0.2) is 34.2 Å². The Hall–Kier alpha value is -3.55. The standard InChI is InChI=1S/C21H20O12/c22-6-15-17(28)18(29)19(30)21(33-15)32-14-5-9-10(24)3-8(23)4-13(9)31-20(14)7-1-11(25)16(27)12(26)2-7/h1-5,15,17-19,21-22,24-30H,6H2/t15-,17+,18+,19-,21?/m1/s1. The average Bonchev–Trinajstić information content (AvgIpc) is 2.77. The van der Waals surface area contributed by atoms with Crippen LogP contribution >= 0.6 is 0 Å². The van der Waals surface area contributed by atoms with Gasteiger partial charge in [-0.25, -0.2) is 0 Å². The third-order valence-electron chi connectivity index (χ3n) is 5.23. The highest BCUT2D eigenvalue weighted by molar-refractivity contribution is 5.77. The number of aliphatic hydroxyl groups is 4. The molecule has 1 saturated heterocycles. The molecule has 4 rings (SSSR count). The van der Waals surface area contributed by atoms with Crippen molar-refractivity contribution in [3.8, 4) is 51.4 Å². The average molecular weight is 464 g/mol. The number of benzene rings is 2. The summed E-state index contributed by atoms with van der Waals surface area (Å²) in [5, 5.41) is 79.2. The molecule has 2 heterocycles. The fourth-order valence-corrected chi connectivity index (χ4v) is 3.49. The summed E-state index contributed by atoms with van der Waals surface area (Å²) < 4.78 is 16.7. The number of aromatic hydroxyl groups is 4. The molecule has 1 unspecified atom stereocenters. The SMILES string of the molecule is O=c1cc2oc(-c3cc(O)c(O)c(O)c3)c(OC3O[C@H](CO)[C@H](O)[C@H](O)[C@H]3O)cc-2c(O)c1.